The third kappa shape index (κ3) is 1.21. The average Bonchev–Trinajstić information content (AvgIpc) is 3.03. The van der Waals surface area contributed by atoms with Crippen LogP contribution in [-0.2, 0) is 4.79 Å². The molecule has 2 aliphatic rings. The maximum Gasteiger partial charge on any atom is 0.250 e. The van der Waals surface area contributed by atoms with Gasteiger partial charge in [0, 0.05) is 6.20 Å². The molecule has 0 radical (unpaired) electrons. The highest BCUT2D eigenvalue weighted by atomic mass is 16.2. The van der Waals surface area contributed by atoms with Crippen molar-refractivity contribution >= 4 is 17.4 Å². The standard InChI is InChI=1S/C11H13N3O/c1-11(7-4-5-7)10(15)13-8-3-2-6-12-9(8)14-11/h2-3,6-7H,4-5H2,1H3,(H,12,14)(H,13,15). The Morgan fingerprint density at radius 2 is 2.33 bits per heavy atom. The van der Waals surface area contributed by atoms with Crippen LogP contribution in [0.3, 0.4) is 0 Å². The van der Waals surface area contributed by atoms with Gasteiger partial charge in [0.25, 0.3) is 0 Å². The Bertz CT molecular complexity index is 428. The lowest BCUT2D eigenvalue weighted by Crippen LogP contribution is -2.52. The molecule has 1 fully saturated rings. The first-order valence-electron chi connectivity index (χ1n) is 5.25. The summed E-state index contributed by atoms with van der Waals surface area (Å²) >= 11 is 0. The van der Waals surface area contributed by atoms with E-state index in [1.165, 1.54) is 0 Å². The van der Waals surface area contributed by atoms with Crippen LogP contribution in [0.25, 0.3) is 0 Å². The van der Waals surface area contributed by atoms with Crippen LogP contribution in [0, 0.1) is 5.92 Å². The van der Waals surface area contributed by atoms with Gasteiger partial charge in [-0.2, -0.15) is 0 Å². The second-order valence-electron chi connectivity index (χ2n) is 4.46. The van der Waals surface area contributed by atoms with E-state index >= 15 is 0 Å². The zero-order valence-electron chi connectivity index (χ0n) is 8.58. The summed E-state index contributed by atoms with van der Waals surface area (Å²) in [7, 11) is 0. The molecule has 4 nitrogen and oxygen atoms in total. The van der Waals surface area contributed by atoms with Gasteiger partial charge in [-0.05, 0) is 37.8 Å². The predicted octanol–water partition coefficient (Wildman–Crippen LogP) is 1.61. The van der Waals surface area contributed by atoms with Gasteiger partial charge >= 0.3 is 0 Å². The zero-order valence-corrected chi connectivity index (χ0v) is 8.58. The fourth-order valence-corrected chi connectivity index (χ4v) is 2.11. The van der Waals surface area contributed by atoms with Gasteiger partial charge in [0.2, 0.25) is 5.91 Å². The highest BCUT2D eigenvalue weighted by Crippen LogP contribution is 2.44. The fraction of sp³-hybridized carbons (Fsp3) is 0.455. The van der Waals surface area contributed by atoms with Crippen molar-refractivity contribution in [2.75, 3.05) is 10.6 Å². The molecule has 0 bridgehead atoms. The number of hydrogen-bond donors (Lipinski definition) is 2. The van der Waals surface area contributed by atoms with Crippen LogP contribution in [0.5, 0.6) is 0 Å². The van der Waals surface area contributed by atoms with Crippen molar-refractivity contribution in [1.29, 1.82) is 0 Å². The Balaban J connectivity index is 2.01. The molecule has 0 aromatic carbocycles. The van der Waals surface area contributed by atoms with E-state index in [2.05, 4.69) is 15.6 Å². The summed E-state index contributed by atoms with van der Waals surface area (Å²) in [5.41, 5.74) is 0.307. The summed E-state index contributed by atoms with van der Waals surface area (Å²) < 4.78 is 0. The molecule has 1 aromatic heterocycles. The maximum absolute atomic E-state index is 12.0. The molecule has 1 unspecified atom stereocenters. The van der Waals surface area contributed by atoms with Crippen molar-refractivity contribution in [3.63, 3.8) is 0 Å². The number of anilines is 2. The molecule has 1 amide bonds. The summed E-state index contributed by atoms with van der Waals surface area (Å²) in [5, 5.41) is 6.17. The average molecular weight is 203 g/mol. The van der Waals surface area contributed by atoms with Gasteiger partial charge in [-0.1, -0.05) is 0 Å². The Hall–Kier alpha value is -1.58. The number of aromatic nitrogens is 1. The zero-order chi connectivity index (χ0) is 10.5. The summed E-state index contributed by atoms with van der Waals surface area (Å²) in [5.74, 6) is 1.30. The largest absolute Gasteiger partial charge is 0.354 e. The number of nitrogens with one attached hydrogen (secondary N) is 2. The highest BCUT2D eigenvalue weighted by Gasteiger charge is 2.49. The summed E-state index contributed by atoms with van der Waals surface area (Å²) in [6, 6.07) is 3.68. The van der Waals surface area contributed by atoms with Crippen LogP contribution in [0.4, 0.5) is 11.5 Å². The van der Waals surface area contributed by atoms with Crippen molar-refractivity contribution in [3.05, 3.63) is 18.3 Å². The number of carbonyl (C=O) groups is 1. The highest BCUT2D eigenvalue weighted by molar-refractivity contribution is 6.05. The van der Waals surface area contributed by atoms with Gasteiger partial charge in [-0.3, -0.25) is 4.79 Å². The number of pyridine rings is 1. The van der Waals surface area contributed by atoms with Crippen LogP contribution in [0.2, 0.25) is 0 Å². The van der Waals surface area contributed by atoms with E-state index in [1.807, 2.05) is 19.1 Å². The molecule has 2 heterocycles. The third-order valence-electron chi connectivity index (χ3n) is 3.30. The molecule has 3 rings (SSSR count). The molecule has 1 aliphatic heterocycles. The number of amides is 1. The minimum Gasteiger partial charge on any atom is -0.354 e. The van der Waals surface area contributed by atoms with Gasteiger partial charge in [0.1, 0.15) is 5.54 Å². The number of nitrogens with zero attached hydrogens (tertiary/aromatic N) is 1. The van der Waals surface area contributed by atoms with Crippen LogP contribution >= 0.6 is 0 Å². The van der Waals surface area contributed by atoms with Crippen LogP contribution < -0.4 is 10.6 Å². The molecule has 2 N–H and O–H groups in total. The lowest BCUT2D eigenvalue weighted by atomic mass is 9.92. The van der Waals surface area contributed by atoms with E-state index in [4.69, 9.17) is 0 Å². The maximum atomic E-state index is 12.0. The van der Waals surface area contributed by atoms with E-state index < -0.39 is 5.54 Å². The van der Waals surface area contributed by atoms with Crippen molar-refractivity contribution in [1.82, 2.24) is 4.98 Å². The summed E-state index contributed by atoms with van der Waals surface area (Å²) in [4.78, 5) is 16.2. The van der Waals surface area contributed by atoms with Crippen LogP contribution in [-0.4, -0.2) is 16.4 Å². The van der Waals surface area contributed by atoms with Crippen molar-refractivity contribution < 1.29 is 4.79 Å². The smallest absolute Gasteiger partial charge is 0.250 e. The molecule has 1 aliphatic carbocycles. The van der Waals surface area contributed by atoms with E-state index in [0.29, 0.717) is 5.92 Å². The molecule has 78 valence electrons. The normalized spacial score (nSPS) is 29.0. The quantitative estimate of drug-likeness (QED) is 0.729. The lowest BCUT2D eigenvalue weighted by molar-refractivity contribution is -0.120. The van der Waals surface area contributed by atoms with Gasteiger partial charge in [-0.25, -0.2) is 4.98 Å². The molecule has 0 spiro atoms. The first kappa shape index (κ1) is 8.71. The van der Waals surface area contributed by atoms with E-state index in [-0.39, 0.29) is 5.91 Å². The lowest BCUT2D eigenvalue weighted by Gasteiger charge is -2.35. The Labute approximate surface area is 88.1 Å². The number of carbonyl (C=O) groups excluding carboxylic acids is 1. The SMILES string of the molecule is CC1(C2CC2)Nc2ncccc2NC1=O. The first-order valence-corrected chi connectivity index (χ1v) is 5.25. The molecular formula is C11H13N3O. The summed E-state index contributed by atoms with van der Waals surface area (Å²) in [6.07, 6.45) is 3.98. The predicted molar refractivity (Wildman–Crippen MR) is 57.6 cm³/mol. The van der Waals surface area contributed by atoms with Crippen molar-refractivity contribution in [2.24, 2.45) is 5.92 Å². The van der Waals surface area contributed by atoms with E-state index in [1.54, 1.807) is 6.20 Å². The number of hydrogen-bond acceptors (Lipinski definition) is 3. The topological polar surface area (TPSA) is 54.0 Å². The second-order valence-corrected chi connectivity index (χ2v) is 4.46. The fourth-order valence-electron chi connectivity index (χ4n) is 2.11. The Morgan fingerprint density at radius 1 is 1.53 bits per heavy atom. The molecule has 1 atom stereocenters. The van der Waals surface area contributed by atoms with Crippen molar-refractivity contribution in [3.8, 4) is 0 Å². The van der Waals surface area contributed by atoms with Gasteiger partial charge in [0.05, 0.1) is 5.69 Å². The molecule has 15 heavy (non-hydrogen) atoms. The van der Waals surface area contributed by atoms with Gasteiger partial charge < -0.3 is 10.6 Å². The van der Waals surface area contributed by atoms with E-state index in [9.17, 15) is 4.79 Å². The third-order valence-corrected chi connectivity index (χ3v) is 3.30. The molecular weight excluding hydrogens is 190 g/mol. The molecule has 4 heteroatoms. The second kappa shape index (κ2) is 2.72. The monoisotopic (exact) mass is 203 g/mol. The minimum absolute atomic E-state index is 0.0606. The molecule has 1 saturated carbocycles. The van der Waals surface area contributed by atoms with Gasteiger partial charge in [0.15, 0.2) is 5.82 Å². The first-order chi connectivity index (χ1) is 7.20. The van der Waals surface area contributed by atoms with Crippen molar-refractivity contribution in [2.45, 2.75) is 25.3 Å². The number of rotatable bonds is 1. The minimum atomic E-state index is -0.471. The van der Waals surface area contributed by atoms with Gasteiger partial charge in [-0.15, -0.1) is 0 Å². The Kier molecular flexibility index (Phi) is 1.58. The number of fused-ring (bicyclic) bond motifs is 1. The molecule has 1 aromatic rings. The van der Waals surface area contributed by atoms with Crippen LogP contribution in [0.1, 0.15) is 19.8 Å². The van der Waals surface area contributed by atoms with Crippen LogP contribution in [0.15, 0.2) is 18.3 Å². The summed E-state index contributed by atoms with van der Waals surface area (Å²) in [6.45, 7) is 1.96. The van der Waals surface area contributed by atoms with E-state index in [0.717, 1.165) is 24.3 Å². The Morgan fingerprint density at radius 3 is 3.07 bits per heavy atom. The molecule has 0 saturated heterocycles.